The second-order valence-corrected chi connectivity index (χ2v) is 7.14. The molecule has 0 fully saturated rings. The summed E-state index contributed by atoms with van der Waals surface area (Å²) in [5, 5.41) is 20.2. The number of carboxylic acid groups (broad SMARTS) is 2. The van der Waals surface area contributed by atoms with Gasteiger partial charge >= 0.3 is 17.8 Å². The van der Waals surface area contributed by atoms with E-state index in [1.165, 1.54) is 35.4 Å². The number of carbonyl (C=O) groups excluding carboxylic acids is 3. The second kappa shape index (κ2) is 10.2. The summed E-state index contributed by atoms with van der Waals surface area (Å²) in [5.74, 6) is -4.10. The molecule has 14 heteroatoms. The summed E-state index contributed by atoms with van der Waals surface area (Å²) >= 11 is 0. The first kappa shape index (κ1) is 23.9. The first-order chi connectivity index (χ1) is 16.2. The summed E-state index contributed by atoms with van der Waals surface area (Å²) in [7, 11) is 0. The number of anilines is 1. The Morgan fingerprint density at radius 1 is 1.18 bits per heavy atom. The zero-order chi connectivity index (χ0) is 24.8. The number of guanidine groups is 1. The maximum Gasteiger partial charge on any atom is 0.326 e. The highest BCUT2D eigenvalue weighted by atomic mass is 16.4. The summed E-state index contributed by atoms with van der Waals surface area (Å²) < 4.78 is 0. The van der Waals surface area contributed by atoms with E-state index in [-0.39, 0.29) is 36.0 Å². The van der Waals surface area contributed by atoms with Crippen LogP contribution in [0, 0.1) is 0 Å². The van der Waals surface area contributed by atoms with Gasteiger partial charge in [-0.2, -0.15) is 9.98 Å². The highest BCUT2D eigenvalue weighted by Gasteiger charge is 2.28. The molecule has 0 saturated carbocycles. The van der Waals surface area contributed by atoms with Gasteiger partial charge in [0.1, 0.15) is 12.1 Å². The number of amides is 3. The fraction of sp³-hybridized carbons (Fsp3) is 0.250. The third kappa shape index (κ3) is 5.73. The second-order valence-electron chi connectivity index (χ2n) is 7.14. The maximum absolute atomic E-state index is 12.4. The van der Waals surface area contributed by atoms with Gasteiger partial charge in [0, 0.05) is 23.9 Å². The summed E-state index contributed by atoms with van der Waals surface area (Å²) in [6.45, 7) is 0.0259. The Hall–Kier alpha value is -4.75. The van der Waals surface area contributed by atoms with Crippen LogP contribution in [0.1, 0.15) is 23.2 Å². The molecule has 0 aromatic heterocycles. The van der Waals surface area contributed by atoms with Crippen molar-refractivity contribution in [2.24, 2.45) is 25.7 Å². The molecule has 0 saturated heterocycles. The number of fused-ring (bicyclic) bond motifs is 1. The molecule has 0 aliphatic carbocycles. The van der Waals surface area contributed by atoms with Crippen molar-refractivity contribution < 1.29 is 34.2 Å². The van der Waals surface area contributed by atoms with Gasteiger partial charge in [-0.25, -0.2) is 9.79 Å². The summed E-state index contributed by atoms with van der Waals surface area (Å²) in [6, 6.07) is 3.66. The Labute approximate surface area is 191 Å². The number of amidine groups is 1. The number of carboxylic acids is 2. The minimum atomic E-state index is -1.37. The standard InChI is InChI=1S/C20H19N7O7/c21-20-25-16-15(18(32)26-20)23-11(7-22-16)8-27(9-28)12-3-1-10(2-4-12)17(31)24-13(19(33)34)5-6-14(29)30/h1-4,7,9,11,13H,5-6,8H2,(H,24,31)(H,29,30)(H,33,34)(H2,21,26,32)/t11?,13-/m0/s1. The molecular formula is C20H19N7O7. The van der Waals surface area contributed by atoms with Gasteiger partial charge in [-0.15, -0.1) is 0 Å². The highest BCUT2D eigenvalue weighted by molar-refractivity contribution is 6.69. The van der Waals surface area contributed by atoms with E-state index in [2.05, 4.69) is 25.3 Å². The molecular weight excluding hydrogens is 450 g/mol. The van der Waals surface area contributed by atoms with Crippen molar-refractivity contribution in [3.63, 3.8) is 0 Å². The highest BCUT2D eigenvalue weighted by Crippen LogP contribution is 2.16. The molecule has 2 atom stereocenters. The minimum Gasteiger partial charge on any atom is -0.481 e. The molecule has 1 aromatic rings. The van der Waals surface area contributed by atoms with E-state index in [9.17, 15) is 29.1 Å². The zero-order valence-corrected chi connectivity index (χ0v) is 17.5. The lowest BCUT2D eigenvalue weighted by Gasteiger charge is -2.23. The van der Waals surface area contributed by atoms with Crippen LogP contribution < -0.4 is 16.0 Å². The number of rotatable bonds is 10. The molecule has 0 spiro atoms. The van der Waals surface area contributed by atoms with Crippen molar-refractivity contribution in [1.82, 2.24) is 5.32 Å². The monoisotopic (exact) mass is 469 g/mol. The Balaban J connectivity index is 1.67. The van der Waals surface area contributed by atoms with Crippen molar-refractivity contribution in [1.29, 1.82) is 0 Å². The number of nitrogens with one attached hydrogen (secondary N) is 1. The lowest BCUT2D eigenvalue weighted by atomic mass is 10.1. The molecule has 34 heavy (non-hydrogen) atoms. The van der Waals surface area contributed by atoms with Gasteiger partial charge in [-0.05, 0) is 30.7 Å². The lowest BCUT2D eigenvalue weighted by Crippen LogP contribution is -2.41. The largest absolute Gasteiger partial charge is 0.481 e. The molecule has 0 bridgehead atoms. The predicted molar refractivity (Wildman–Crippen MR) is 119 cm³/mol. The number of nitrogens with zero attached hydrogens (tertiary/aromatic N) is 5. The molecule has 14 nitrogen and oxygen atoms in total. The molecule has 176 valence electrons. The molecule has 3 rings (SSSR count). The van der Waals surface area contributed by atoms with E-state index in [0.717, 1.165) is 0 Å². The third-order valence-corrected chi connectivity index (χ3v) is 4.74. The van der Waals surface area contributed by atoms with Crippen LogP contribution in [-0.4, -0.2) is 82.7 Å². The number of carbonyl (C=O) groups is 5. The summed E-state index contributed by atoms with van der Waals surface area (Å²) in [4.78, 5) is 74.8. The molecule has 5 N–H and O–H groups in total. The van der Waals surface area contributed by atoms with Crippen LogP contribution >= 0.6 is 0 Å². The Morgan fingerprint density at radius 2 is 1.88 bits per heavy atom. The van der Waals surface area contributed by atoms with E-state index in [0.29, 0.717) is 12.1 Å². The van der Waals surface area contributed by atoms with Crippen molar-refractivity contribution in [3.05, 3.63) is 29.8 Å². The normalized spacial score (nSPS) is 17.5. The number of benzene rings is 1. The Morgan fingerprint density at radius 3 is 2.50 bits per heavy atom. The molecule has 2 aliphatic heterocycles. The zero-order valence-electron chi connectivity index (χ0n) is 17.5. The van der Waals surface area contributed by atoms with Gasteiger partial charge in [0.2, 0.25) is 12.4 Å². The fourth-order valence-electron chi connectivity index (χ4n) is 3.07. The molecule has 0 radical (unpaired) electrons. The number of aliphatic imine (C=N–C) groups is 4. The quantitative estimate of drug-likeness (QED) is 0.306. The number of hydrogen-bond acceptors (Lipinski definition) is 9. The molecule has 2 heterocycles. The Kier molecular flexibility index (Phi) is 7.20. The first-order valence-electron chi connectivity index (χ1n) is 9.85. The predicted octanol–water partition coefficient (Wildman–Crippen LogP) is -1.16. The topological polar surface area (TPSA) is 217 Å². The fourth-order valence-corrected chi connectivity index (χ4v) is 3.07. The van der Waals surface area contributed by atoms with E-state index >= 15 is 0 Å². The first-order valence-corrected chi connectivity index (χ1v) is 9.85. The SMILES string of the molecule is NC1=NC(=O)C2=NC(CN(C=O)c3ccc(C(=O)N[C@@H](CCC(=O)O)C(=O)O)cc3)C=NC2=N1. The summed E-state index contributed by atoms with van der Waals surface area (Å²) in [6.07, 6.45) is 1.26. The smallest absolute Gasteiger partial charge is 0.326 e. The van der Waals surface area contributed by atoms with Gasteiger partial charge in [-0.3, -0.25) is 24.2 Å². The van der Waals surface area contributed by atoms with Crippen LogP contribution in [0.2, 0.25) is 0 Å². The lowest BCUT2D eigenvalue weighted by molar-refractivity contribution is -0.140. The number of nitrogens with two attached hydrogens (primary N) is 1. The van der Waals surface area contributed by atoms with Crippen LogP contribution in [0.25, 0.3) is 0 Å². The molecule has 2 aliphatic rings. The van der Waals surface area contributed by atoms with Crippen LogP contribution in [0.15, 0.2) is 44.2 Å². The Bertz CT molecular complexity index is 1150. The van der Waals surface area contributed by atoms with E-state index in [1.807, 2.05) is 0 Å². The van der Waals surface area contributed by atoms with E-state index in [1.54, 1.807) is 0 Å². The van der Waals surface area contributed by atoms with Crippen molar-refractivity contribution >= 4 is 59.6 Å². The van der Waals surface area contributed by atoms with Gasteiger partial charge < -0.3 is 26.2 Å². The van der Waals surface area contributed by atoms with Crippen molar-refractivity contribution in [3.8, 4) is 0 Å². The summed E-state index contributed by atoms with van der Waals surface area (Å²) in [5.41, 5.74) is 5.88. The maximum atomic E-state index is 12.4. The number of aliphatic carboxylic acids is 2. The third-order valence-electron chi connectivity index (χ3n) is 4.74. The van der Waals surface area contributed by atoms with Gasteiger partial charge in [0.25, 0.3) is 5.91 Å². The van der Waals surface area contributed by atoms with Gasteiger partial charge in [0.15, 0.2) is 11.5 Å². The van der Waals surface area contributed by atoms with Crippen molar-refractivity contribution in [2.75, 3.05) is 11.4 Å². The number of hydrogen-bond donors (Lipinski definition) is 4. The van der Waals surface area contributed by atoms with E-state index in [4.69, 9.17) is 10.8 Å². The van der Waals surface area contributed by atoms with Gasteiger partial charge in [0.05, 0.1) is 6.54 Å². The average molecular weight is 469 g/mol. The molecule has 1 unspecified atom stereocenters. The minimum absolute atomic E-state index is 0.0259. The van der Waals surface area contributed by atoms with Crippen LogP contribution in [0.5, 0.6) is 0 Å². The molecule has 3 amide bonds. The van der Waals surface area contributed by atoms with Crippen molar-refractivity contribution in [2.45, 2.75) is 24.9 Å². The van der Waals surface area contributed by atoms with Gasteiger partial charge in [-0.1, -0.05) is 0 Å². The van der Waals surface area contributed by atoms with Crippen LogP contribution in [0.3, 0.4) is 0 Å². The molecule has 1 aromatic carbocycles. The average Bonchev–Trinajstić information content (AvgIpc) is 2.80. The van der Waals surface area contributed by atoms with Crippen LogP contribution in [0.4, 0.5) is 5.69 Å². The van der Waals surface area contributed by atoms with Crippen LogP contribution in [-0.2, 0) is 19.2 Å². The van der Waals surface area contributed by atoms with E-state index < -0.39 is 42.3 Å².